The van der Waals surface area contributed by atoms with Gasteiger partial charge in [-0.05, 0) is 31.1 Å². The quantitative estimate of drug-likeness (QED) is 0.837. The van der Waals surface area contributed by atoms with Crippen LogP contribution in [0.2, 0.25) is 0 Å². The highest BCUT2D eigenvalue weighted by Crippen LogP contribution is 2.29. The van der Waals surface area contributed by atoms with E-state index >= 15 is 0 Å². The van der Waals surface area contributed by atoms with E-state index in [0.29, 0.717) is 11.8 Å². The van der Waals surface area contributed by atoms with Crippen molar-refractivity contribution in [3.05, 3.63) is 0 Å². The Labute approximate surface area is 128 Å². The van der Waals surface area contributed by atoms with E-state index in [1.807, 2.05) is 0 Å². The molecule has 0 aromatic heterocycles. The van der Waals surface area contributed by atoms with Crippen LogP contribution in [0.4, 0.5) is 0 Å². The second-order valence-corrected chi connectivity index (χ2v) is 6.99. The minimum Gasteiger partial charge on any atom is -0.352 e. The van der Waals surface area contributed by atoms with Crippen molar-refractivity contribution in [2.45, 2.75) is 71.3 Å². The van der Waals surface area contributed by atoms with Crippen LogP contribution in [0.3, 0.4) is 0 Å². The molecule has 0 unspecified atom stereocenters. The van der Waals surface area contributed by atoms with Crippen molar-refractivity contribution < 1.29 is 9.59 Å². The third-order valence-corrected chi connectivity index (χ3v) is 5.45. The van der Waals surface area contributed by atoms with Crippen molar-refractivity contribution in [1.29, 1.82) is 0 Å². The van der Waals surface area contributed by atoms with E-state index in [0.717, 1.165) is 32.1 Å². The molecule has 2 saturated carbocycles. The third kappa shape index (κ3) is 4.72. The molecule has 2 rings (SSSR count). The zero-order chi connectivity index (χ0) is 15.2. The first-order valence-corrected chi connectivity index (χ1v) is 8.65. The zero-order valence-corrected chi connectivity index (χ0v) is 13.5. The van der Waals surface area contributed by atoms with Gasteiger partial charge in [-0.2, -0.15) is 0 Å². The average molecular weight is 294 g/mol. The molecule has 2 N–H and O–H groups in total. The molecule has 2 aliphatic rings. The van der Waals surface area contributed by atoms with E-state index in [1.54, 1.807) is 0 Å². The van der Waals surface area contributed by atoms with Crippen LogP contribution in [0, 0.1) is 17.8 Å². The molecular weight excluding hydrogens is 264 g/mol. The summed E-state index contributed by atoms with van der Waals surface area (Å²) in [6.07, 6.45) is 8.98. The summed E-state index contributed by atoms with van der Waals surface area (Å²) in [6.45, 7) is 4.61. The molecule has 21 heavy (non-hydrogen) atoms. The van der Waals surface area contributed by atoms with E-state index in [-0.39, 0.29) is 30.3 Å². The molecule has 0 heterocycles. The Bertz CT molecular complexity index is 364. The Hall–Kier alpha value is -1.06. The maximum absolute atomic E-state index is 12.0. The molecule has 0 bridgehead atoms. The van der Waals surface area contributed by atoms with Gasteiger partial charge in [0.05, 0.1) is 6.54 Å². The topological polar surface area (TPSA) is 58.2 Å². The number of hydrogen-bond acceptors (Lipinski definition) is 2. The summed E-state index contributed by atoms with van der Waals surface area (Å²) in [7, 11) is 0. The molecule has 120 valence electrons. The van der Waals surface area contributed by atoms with Crippen LogP contribution in [-0.2, 0) is 9.59 Å². The van der Waals surface area contributed by atoms with Crippen LogP contribution < -0.4 is 10.6 Å². The fraction of sp³-hybridized carbons (Fsp3) is 0.882. The minimum absolute atomic E-state index is 0.0369. The van der Waals surface area contributed by atoms with E-state index in [9.17, 15) is 9.59 Å². The van der Waals surface area contributed by atoms with Crippen LogP contribution in [0.5, 0.6) is 0 Å². The summed E-state index contributed by atoms with van der Waals surface area (Å²) in [6, 6.07) is 0.271. The number of carbonyl (C=O) groups is 2. The summed E-state index contributed by atoms with van der Waals surface area (Å²) in [5.41, 5.74) is 0. The normalized spacial score (nSPS) is 30.7. The van der Waals surface area contributed by atoms with Crippen molar-refractivity contribution in [3.63, 3.8) is 0 Å². The molecule has 0 aliphatic heterocycles. The molecular formula is C17H30N2O2. The lowest BCUT2D eigenvalue weighted by molar-refractivity contribution is -0.129. The number of carbonyl (C=O) groups excluding carboxylic acids is 2. The molecule has 2 aliphatic carbocycles. The van der Waals surface area contributed by atoms with Crippen LogP contribution in [0.15, 0.2) is 0 Å². The second-order valence-electron chi connectivity index (χ2n) is 6.99. The van der Waals surface area contributed by atoms with Gasteiger partial charge >= 0.3 is 0 Å². The molecule has 2 amide bonds. The molecule has 0 aromatic rings. The van der Waals surface area contributed by atoms with E-state index in [1.165, 1.54) is 19.3 Å². The Morgan fingerprint density at radius 2 is 1.67 bits per heavy atom. The van der Waals surface area contributed by atoms with Crippen molar-refractivity contribution >= 4 is 11.8 Å². The molecule has 0 saturated heterocycles. The first kappa shape index (κ1) is 16.3. The fourth-order valence-corrected chi connectivity index (χ4v) is 3.72. The summed E-state index contributed by atoms with van der Waals surface area (Å²) < 4.78 is 0. The van der Waals surface area contributed by atoms with Gasteiger partial charge in [-0.3, -0.25) is 9.59 Å². The lowest BCUT2D eigenvalue weighted by Gasteiger charge is -2.34. The van der Waals surface area contributed by atoms with Gasteiger partial charge in [0.1, 0.15) is 0 Å². The molecule has 0 aromatic carbocycles. The maximum Gasteiger partial charge on any atom is 0.239 e. The Balaban J connectivity index is 1.70. The number of hydrogen-bond donors (Lipinski definition) is 2. The first-order chi connectivity index (χ1) is 10.1. The third-order valence-electron chi connectivity index (χ3n) is 5.45. The van der Waals surface area contributed by atoms with Gasteiger partial charge in [0, 0.05) is 12.0 Å². The van der Waals surface area contributed by atoms with E-state index < -0.39 is 0 Å². The number of rotatable bonds is 4. The minimum atomic E-state index is -0.0369. The summed E-state index contributed by atoms with van der Waals surface area (Å²) >= 11 is 0. The molecule has 0 spiro atoms. The summed E-state index contributed by atoms with van der Waals surface area (Å²) in [5.74, 6) is 1.35. The van der Waals surface area contributed by atoms with Gasteiger partial charge in [-0.25, -0.2) is 0 Å². The lowest BCUT2D eigenvalue weighted by atomic mass is 9.78. The Morgan fingerprint density at radius 1 is 0.952 bits per heavy atom. The van der Waals surface area contributed by atoms with Crippen LogP contribution in [-0.4, -0.2) is 24.4 Å². The van der Waals surface area contributed by atoms with E-state index in [2.05, 4.69) is 24.5 Å². The van der Waals surface area contributed by atoms with Crippen molar-refractivity contribution in [1.82, 2.24) is 10.6 Å². The lowest BCUT2D eigenvalue weighted by Crippen LogP contribution is -2.48. The Morgan fingerprint density at radius 3 is 2.38 bits per heavy atom. The smallest absolute Gasteiger partial charge is 0.239 e. The van der Waals surface area contributed by atoms with E-state index in [4.69, 9.17) is 0 Å². The highest BCUT2D eigenvalue weighted by atomic mass is 16.2. The van der Waals surface area contributed by atoms with Crippen molar-refractivity contribution in [2.24, 2.45) is 17.8 Å². The number of nitrogens with one attached hydrogen (secondary N) is 2. The molecule has 2 fully saturated rings. The second kappa shape index (κ2) is 7.81. The molecule has 0 radical (unpaired) electrons. The van der Waals surface area contributed by atoms with Crippen LogP contribution in [0.25, 0.3) is 0 Å². The zero-order valence-electron chi connectivity index (χ0n) is 13.5. The summed E-state index contributed by atoms with van der Waals surface area (Å²) in [5, 5.41) is 5.92. The predicted octanol–water partition coefficient (Wildman–Crippen LogP) is 2.62. The van der Waals surface area contributed by atoms with Gasteiger partial charge in [0.25, 0.3) is 0 Å². The Kier molecular flexibility index (Phi) is 6.07. The molecule has 4 heteroatoms. The van der Waals surface area contributed by atoms with Crippen LogP contribution in [0.1, 0.15) is 65.2 Å². The fourth-order valence-electron chi connectivity index (χ4n) is 3.72. The molecule has 3 atom stereocenters. The van der Waals surface area contributed by atoms with Gasteiger partial charge in [0.2, 0.25) is 11.8 Å². The van der Waals surface area contributed by atoms with Crippen molar-refractivity contribution in [3.8, 4) is 0 Å². The average Bonchev–Trinajstić information content (AvgIpc) is 2.50. The predicted molar refractivity (Wildman–Crippen MR) is 83.7 cm³/mol. The van der Waals surface area contributed by atoms with Crippen LogP contribution >= 0.6 is 0 Å². The van der Waals surface area contributed by atoms with Gasteiger partial charge in [-0.1, -0.05) is 46.0 Å². The van der Waals surface area contributed by atoms with Gasteiger partial charge in [0.15, 0.2) is 0 Å². The number of amides is 2. The SMILES string of the molecule is C[C@@H]1[C@H](C)CCC[C@H]1NC(=O)CNC(=O)C1CCCCC1. The first-order valence-electron chi connectivity index (χ1n) is 8.65. The highest BCUT2D eigenvalue weighted by Gasteiger charge is 2.28. The highest BCUT2D eigenvalue weighted by molar-refractivity contribution is 5.85. The monoisotopic (exact) mass is 294 g/mol. The van der Waals surface area contributed by atoms with Gasteiger partial charge in [-0.15, -0.1) is 0 Å². The van der Waals surface area contributed by atoms with Gasteiger partial charge < -0.3 is 10.6 Å². The molecule has 4 nitrogen and oxygen atoms in total. The largest absolute Gasteiger partial charge is 0.352 e. The standard InChI is InChI=1S/C17H30N2O2/c1-12-7-6-10-15(13(12)2)19-16(20)11-18-17(21)14-8-4-3-5-9-14/h12-15H,3-11H2,1-2H3,(H,18,21)(H,19,20)/t12-,13-,15-/m1/s1. The van der Waals surface area contributed by atoms with Crippen molar-refractivity contribution in [2.75, 3.05) is 6.54 Å². The maximum atomic E-state index is 12.0. The summed E-state index contributed by atoms with van der Waals surface area (Å²) in [4.78, 5) is 24.0.